The molecule has 2 aromatic rings. The molecule has 0 radical (unpaired) electrons. The van der Waals surface area contributed by atoms with Crippen molar-refractivity contribution in [2.45, 2.75) is 63.8 Å². The number of amides is 1. The smallest absolute Gasteiger partial charge is 0.236 e. The number of hydrogen-bond donors (Lipinski definition) is 0. The van der Waals surface area contributed by atoms with Gasteiger partial charge in [0.1, 0.15) is 6.42 Å². The molecule has 1 aliphatic carbocycles. The molecule has 2 fully saturated rings. The fourth-order valence-corrected chi connectivity index (χ4v) is 3.74. The van der Waals surface area contributed by atoms with Crippen molar-refractivity contribution in [3.63, 3.8) is 0 Å². The first-order valence-corrected chi connectivity index (χ1v) is 9.05. The van der Waals surface area contributed by atoms with E-state index in [1.807, 2.05) is 4.90 Å². The summed E-state index contributed by atoms with van der Waals surface area (Å²) < 4.78 is 5.03. The Morgan fingerprint density at radius 3 is 2.64 bits per heavy atom. The van der Waals surface area contributed by atoms with E-state index in [0.29, 0.717) is 30.7 Å². The van der Waals surface area contributed by atoms with Crippen LogP contribution in [0.4, 0.5) is 0 Å². The number of hydrogen-bond acceptors (Lipinski definition) is 7. The van der Waals surface area contributed by atoms with Crippen LogP contribution < -0.4 is 0 Å². The van der Waals surface area contributed by atoms with Gasteiger partial charge < -0.3 is 9.42 Å². The molecule has 9 nitrogen and oxygen atoms in total. The maximum Gasteiger partial charge on any atom is 0.236 e. The van der Waals surface area contributed by atoms with E-state index in [2.05, 4.69) is 25.6 Å². The third-order valence-corrected chi connectivity index (χ3v) is 5.18. The molecule has 0 bridgehead atoms. The molecule has 0 aromatic carbocycles. The van der Waals surface area contributed by atoms with E-state index in [9.17, 15) is 4.79 Å². The molecule has 0 N–H and O–H groups in total. The Balaban J connectivity index is 1.31. The molecule has 1 amide bonds. The van der Waals surface area contributed by atoms with Gasteiger partial charge in [0, 0.05) is 19.0 Å². The Bertz CT molecular complexity index is 726. The normalized spacial score (nSPS) is 19.6. The SMILES string of the molecule is Cc1noc(CC(=O)N2CCC(n3nnc(C4CCCC4)n3)CC2)n1. The lowest BCUT2D eigenvalue weighted by molar-refractivity contribution is -0.132. The molecule has 1 saturated carbocycles. The lowest BCUT2D eigenvalue weighted by Gasteiger charge is -2.30. The predicted molar refractivity (Wildman–Crippen MR) is 86.6 cm³/mol. The number of piperidine rings is 1. The van der Waals surface area contributed by atoms with Gasteiger partial charge in [-0.15, -0.1) is 10.2 Å². The summed E-state index contributed by atoms with van der Waals surface area (Å²) in [6.07, 6.45) is 6.73. The second-order valence-electron chi connectivity index (χ2n) is 6.97. The molecular weight excluding hydrogens is 322 g/mol. The zero-order valence-corrected chi connectivity index (χ0v) is 14.5. The average Bonchev–Trinajstić information content (AvgIpc) is 3.36. The molecule has 4 rings (SSSR count). The molecule has 2 aliphatic rings. The number of aromatic nitrogens is 6. The van der Waals surface area contributed by atoms with Crippen LogP contribution in [0.15, 0.2) is 4.52 Å². The summed E-state index contributed by atoms with van der Waals surface area (Å²) >= 11 is 0. The predicted octanol–water partition coefficient (Wildman–Crippen LogP) is 1.43. The largest absolute Gasteiger partial charge is 0.342 e. The van der Waals surface area contributed by atoms with Crippen molar-refractivity contribution in [3.8, 4) is 0 Å². The maximum absolute atomic E-state index is 12.3. The number of carbonyl (C=O) groups excluding carboxylic acids is 1. The van der Waals surface area contributed by atoms with Crippen molar-refractivity contribution >= 4 is 5.91 Å². The molecule has 3 heterocycles. The first-order valence-electron chi connectivity index (χ1n) is 9.05. The third-order valence-electron chi connectivity index (χ3n) is 5.18. The van der Waals surface area contributed by atoms with Crippen molar-refractivity contribution in [1.29, 1.82) is 0 Å². The van der Waals surface area contributed by atoms with Crippen LogP contribution in [0.1, 0.15) is 68.0 Å². The molecule has 134 valence electrons. The van der Waals surface area contributed by atoms with Crippen LogP contribution in [0, 0.1) is 6.92 Å². The quantitative estimate of drug-likeness (QED) is 0.825. The second-order valence-corrected chi connectivity index (χ2v) is 6.97. The summed E-state index contributed by atoms with van der Waals surface area (Å²) in [5.41, 5.74) is 0. The monoisotopic (exact) mass is 345 g/mol. The fraction of sp³-hybridized carbons (Fsp3) is 0.750. The molecular formula is C16H23N7O2. The van der Waals surface area contributed by atoms with Crippen molar-refractivity contribution in [2.75, 3.05) is 13.1 Å². The van der Waals surface area contributed by atoms with Gasteiger partial charge >= 0.3 is 0 Å². The molecule has 1 saturated heterocycles. The number of aryl methyl sites for hydroxylation is 1. The first kappa shape index (κ1) is 16.2. The fourth-order valence-electron chi connectivity index (χ4n) is 3.74. The van der Waals surface area contributed by atoms with Crippen LogP contribution >= 0.6 is 0 Å². The van der Waals surface area contributed by atoms with Crippen molar-refractivity contribution < 1.29 is 9.32 Å². The van der Waals surface area contributed by atoms with E-state index in [1.165, 1.54) is 25.7 Å². The van der Waals surface area contributed by atoms with E-state index in [1.54, 1.807) is 11.7 Å². The number of likely N-dealkylation sites (tertiary alicyclic amines) is 1. The summed E-state index contributed by atoms with van der Waals surface area (Å²) in [6.45, 7) is 3.13. The summed E-state index contributed by atoms with van der Waals surface area (Å²) in [5, 5.41) is 16.9. The van der Waals surface area contributed by atoms with E-state index in [-0.39, 0.29) is 18.4 Å². The number of rotatable bonds is 4. The van der Waals surface area contributed by atoms with Gasteiger partial charge in [0.05, 0.1) is 6.04 Å². The van der Waals surface area contributed by atoms with Crippen molar-refractivity contribution in [3.05, 3.63) is 17.5 Å². The van der Waals surface area contributed by atoms with Crippen LogP contribution in [0.25, 0.3) is 0 Å². The minimum absolute atomic E-state index is 0.0281. The van der Waals surface area contributed by atoms with Gasteiger partial charge in [-0.2, -0.15) is 9.78 Å². The molecule has 0 unspecified atom stereocenters. The Hall–Kier alpha value is -2.32. The summed E-state index contributed by atoms with van der Waals surface area (Å²) in [4.78, 5) is 20.0. The Labute approximate surface area is 145 Å². The van der Waals surface area contributed by atoms with Gasteiger partial charge in [0.2, 0.25) is 11.8 Å². The topological polar surface area (TPSA) is 103 Å². The molecule has 0 spiro atoms. The number of carbonyl (C=O) groups is 1. The van der Waals surface area contributed by atoms with Crippen LogP contribution in [0.3, 0.4) is 0 Å². The van der Waals surface area contributed by atoms with E-state index in [4.69, 9.17) is 4.52 Å². The molecule has 25 heavy (non-hydrogen) atoms. The van der Waals surface area contributed by atoms with Gasteiger partial charge in [-0.25, -0.2) is 0 Å². The number of nitrogens with zero attached hydrogens (tertiary/aromatic N) is 7. The minimum atomic E-state index is 0.0281. The maximum atomic E-state index is 12.3. The Morgan fingerprint density at radius 1 is 1.20 bits per heavy atom. The lowest BCUT2D eigenvalue weighted by Crippen LogP contribution is -2.40. The van der Waals surface area contributed by atoms with Crippen molar-refractivity contribution in [1.82, 2.24) is 35.2 Å². The van der Waals surface area contributed by atoms with Crippen molar-refractivity contribution in [2.24, 2.45) is 0 Å². The molecule has 1 aliphatic heterocycles. The average molecular weight is 345 g/mol. The number of tetrazole rings is 1. The van der Waals surface area contributed by atoms with Gasteiger partial charge in [-0.1, -0.05) is 18.0 Å². The van der Waals surface area contributed by atoms with Crippen LogP contribution in [0.2, 0.25) is 0 Å². The summed E-state index contributed by atoms with van der Waals surface area (Å²) in [7, 11) is 0. The van der Waals surface area contributed by atoms with Crippen LogP contribution in [0.5, 0.6) is 0 Å². The Morgan fingerprint density at radius 2 is 1.96 bits per heavy atom. The lowest BCUT2D eigenvalue weighted by atomic mass is 10.1. The van der Waals surface area contributed by atoms with Gasteiger partial charge in [0.15, 0.2) is 11.6 Å². The van der Waals surface area contributed by atoms with E-state index >= 15 is 0 Å². The van der Waals surface area contributed by atoms with E-state index < -0.39 is 0 Å². The van der Waals surface area contributed by atoms with Gasteiger partial charge in [0.25, 0.3) is 0 Å². The summed E-state index contributed by atoms with van der Waals surface area (Å²) in [5.74, 6) is 2.33. The summed E-state index contributed by atoms with van der Waals surface area (Å²) in [6, 6.07) is 0.220. The van der Waals surface area contributed by atoms with Crippen LogP contribution in [-0.2, 0) is 11.2 Å². The van der Waals surface area contributed by atoms with Gasteiger partial charge in [-0.3, -0.25) is 4.79 Å². The molecule has 9 heteroatoms. The second kappa shape index (κ2) is 6.89. The standard InChI is InChI=1S/C16H23N7O2/c1-11-17-14(25-20-11)10-15(24)22-8-6-13(7-9-22)23-19-16(18-21-23)12-4-2-3-5-12/h12-13H,2-10H2,1H3. The highest BCUT2D eigenvalue weighted by molar-refractivity contribution is 5.77. The highest BCUT2D eigenvalue weighted by Crippen LogP contribution is 2.32. The molecule has 0 atom stereocenters. The van der Waals surface area contributed by atoms with E-state index in [0.717, 1.165) is 18.7 Å². The van der Waals surface area contributed by atoms with Crippen LogP contribution in [-0.4, -0.2) is 54.2 Å². The first-order chi connectivity index (χ1) is 12.2. The highest BCUT2D eigenvalue weighted by Gasteiger charge is 2.28. The molecule has 2 aromatic heterocycles. The minimum Gasteiger partial charge on any atom is -0.342 e. The zero-order chi connectivity index (χ0) is 17.2. The van der Waals surface area contributed by atoms with Gasteiger partial charge in [-0.05, 0) is 37.8 Å². The third kappa shape index (κ3) is 3.54. The zero-order valence-electron chi connectivity index (χ0n) is 14.5. The Kier molecular flexibility index (Phi) is 4.46. The highest BCUT2D eigenvalue weighted by atomic mass is 16.5.